The van der Waals surface area contributed by atoms with Crippen LogP contribution in [0.1, 0.15) is 107 Å². The minimum absolute atomic E-state index is 0. The van der Waals surface area contributed by atoms with Crippen molar-refractivity contribution in [3.8, 4) is 0 Å². The normalized spacial score (nSPS) is 9.75. The van der Waals surface area contributed by atoms with Gasteiger partial charge in [-0.05, 0) is 12.0 Å². The summed E-state index contributed by atoms with van der Waals surface area (Å²) in [4.78, 5) is 20.4. The fourth-order valence-corrected chi connectivity index (χ4v) is 2.87. The van der Waals surface area contributed by atoms with Gasteiger partial charge in [-0.1, -0.05) is 114 Å². The number of unbranched alkanes of at least 4 members (excludes halogenated alkanes) is 12. The van der Waals surface area contributed by atoms with E-state index in [0.717, 1.165) is 12.8 Å². The number of aromatic carboxylic acids is 1. The number of carboxylic acids is 2. The van der Waals surface area contributed by atoms with Crippen LogP contribution in [0.15, 0.2) is 30.3 Å². The minimum Gasteiger partial charge on any atom is -0.545 e. The van der Waals surface area contributed by atoms with E-state index in [4.69, 9.17) is 5.11 Å². The maximum atomic E-state index is 10.3. The first-order chi connectivity index (χ1) is 13.1. The van der Waals surface area contributed by atoms with Crippen molar-refractivity contribution >= 4 is 11.9 Å². The topological polar surface area (TPSA) is 77.4 Å². The molecule has 0 aliphatic heterocycles. The van der Waals surface area contributed by atoms with E-state index < -0.39 is 11.9 Å². The molecule has 0 aromatic heterocycles. The number of carbonyl (C=O) groups excluding carboxylic acids is 1. The summed E-state index contributed by atoms with van der Waals surface area (Å²) in [5, 5.41) is 18.6. The summed E-state index contributed by atoms with van der Waals surface area (Å²) in [6.45, 7) is 2.26. The van der Waals surface area contributed by atoms with Crippen LogP contribution in [0, 0.1) is 0 Å². The summed E-state index contributed by atoms with van der Waals surface area (Å²) in [6, 6.07) is 8.06. The van der Waals surface area contributed by atoms with E-state index >= 15 is 0 Å². The van der Waals surface area contributed by atoms with Crippen LogP contribution in [0.3, 0.4) is 0 Å². The zero-order valence-corrected chi connectivity index (χ0v) is 20.0. The Morgan fingerprint density at radius 3 is 1.46 bits per heavy atom. The Hall–Kier alpha value is -0.840. The van der Waals surface area contributed by atoms with Gasteiger partial charge in [-0.2, -0.15) is 0 Å². The van der Waals surface area contributed by atoms with Gasteiger partial charge < -0.3 is 15.0 Å². The summed E-state index contributed by atoms with van der Waals surface area (Å²) >= 11 is 0. The Morgan fingerprint density at radius 2 is 1.14 bits per heavy atom. The molecule has 0 aliphatic carbocycles. The second-order valence-electron chi connectivity index (χ2n) is 7.04. The van der Waals surface area contributed by atoms with Crippen LogP contribution in [-0.4, -0.2) is 17.0 Å². The van der Waals surface area contributed by atoms with Gasteiger partial charge in [0, 0.05) is 6.42 Å². The molecule has 154 valence electrons. The summed E-state index contributed by atoms with van der Waals surface area (Å²) < 4.78 is 0. The summed E-state index contributed by atoms with van der Waals surface area (Å²) in [7, 11) is 0. The van der Waals surface area contributed by atoms with Crippen LogP contribution in [0.5, 0.6) is 0 Å². The van der Waals surface area contributed by atoms with E-state index in [-0.39, 0.29) is 35.1 Å². The third-order valence-corrected chi connectivity index (χ3v) is 4.50. The van der Waals surface area contributed by atoms with Gasteiger partial charge in [0.05, 0.1) is 5.97 Å². The molecule has 4 nitrogen and oxygen atoms in total. The van der Waals surface area contributed by atoms with Gasteiger partial charge in [0.15, 0.2) is 0 Å². The molecule has 1 N–H and O–H groups in total. The second-order valence-corrected chi connectivity index (χ2v) is 7.04. The van der Waals surface area contributed by atoms with Gasteiger partial charge in [0.25, 0.3) is 0 Å². The average molecular weight is 401 g/mol. The molecule has 1 rings (SSSR count). The summed E-state index contributed by atoms with van der Waals surface area (Å²) in [5.74, 6) is -1.78. The maximum Gasteiger partial charge on any atom is 1.00 e. The Balaban J connectivity index is 0. The van der Waals surface area contributed by atoms with E-state index in [1.807, 2.05) is 0 Å². The third-order valence-electron chi connectivity index (χ3n) is 4.50. The Labute approximate surface area is 193 Å². The Bertz CT molecular complexity index is 477. The first-order valence-corrected chi connectivity index (χ1v) is 10.6. The number of benzene rings is 1. The molecule has 0 fully saturated rings. The SMILES string of the molecule is CCCCCCCCCCCCCCCC(=O)O.O=C([O-])c1ccccc1.[Na+]. The molecule has 0 amide bonds. The number of hydrogen-bond acceptors (Lipinski definition) is 3. The fourth-order valence-electron chi connectivity index (χ4n) is 2.87. The molecule has 28 heavy (non-hydrogen) atoms. The molecule has 0 bridgehead atoms. The van der Waals surface area contributed by atoms with Crippen molar-refractivity contribution in [3.63, 3.8) is 0 Å². The number of hydrogen-bond donors (Lipinski definition) is 1. The van der Waals surface area contributed by atoms with E-state index in [0.29, 0.717) is 6.42 Å². The van der Waals surface area contributed by atoms with Gasteiger partial charge >= 0.3 is 35.5 Å². The van der Waals surface area contributed by atoms with Crippen LogP contribution in [-0.2, 0) is 4.79 Å². The molecule has 5 heteroatoms. The van der Waals surface area contributed by atoms with E-state index in [9.17, 15) is 14.7 Å². The molecule has 0 saturated carbocycles. The zero-order chi connectivity index (χ0) is 20.2. The molecular weight excluding hydrogens is 363 g/mol. The number of carboxylic acid groups (broad SMARTS) is 2. The number of rotatable bonds is 15. The van der Waals surface area contributed by atoms with Gasteiger partial charge in [-0.3, -0.25) is 4.79 Å². The smallest absolute Gasteiger partial charge is 0.545 e. The van der Waals surface area contributed by atoms with E-state index in [1.54, 1.807) is 18.2 Å². The van der Waals surface area contributed by atoms with E-state index in [2.05, 4.69) is 6.92 Å². The second kappa shape index (κ2) is 22.4. The minimum atomic E-state index is -1.13. The Morgan fingerprint density at radius 1 is 0.750 bits per heavy atom. The van der Waals surface area contributed by atoms with Crippen LogP contribution in [0.4, 0.5) is 0 Å². The van der Waals surface area contributed by atoms with Crippen molar-refractivity contribution < 1.29 is 49.4 Å². The monoisotopic (exact) mass is 400 g/mol. The Kier molecular flexibility index (Phi) is 23.5. The first kappa shape index (κ1) is 29.4. The number of carbonyl (C=O) groups is 2. The quantitative estimate of drug-likeness (QED) is 0.363. The average Bonchev–Trinajstić information content (AvgIpc) is 2.66. The van der Waals surface area contributed by atoms with Gasteiger partial charge in [0.2, 0.25) is 0 Å². The van der Waals surface area contributed by atoms with Crippen molar-refractivity contribution in [2.24, 2.45) is 0 Å². The summed E-state index contributed by atoms with van der Waals surface area (Å²) in [6.07, 6.45) is 17.3. The van der Waals surface area contributed by atoms with Gasteiger partial charge in [-0.15, -0.1) is 0 Å². The molecular formula is C23H37NaO4. The van der Waals surface area contributed by atoms with Crippen molar-refractivity contribution in [2.75, 3.05) is 0 Å². The molecule has 0 saturated heterocycles. The van der Waals surface area contributed by atoms with Crippen molar-refractivity contribution in [2.45, 2.75) is 96.8 Å². The predicted octanol–water partition coefficient (Wildman–Crippen LogP) is 2.61. The molecule has 1 aromatic rings. The fraction of sp³-hybridized carbons (Fsp3) is 0.652. The summed E-state index contributed by atoms with van der Waals surface area (Å²) in [5.41, 5.74) is 0.220. The third kappa shape index (κ3) is 21.5. The van der Waals surface area contributed by atoms with Crippen LogP contribution >= 0.6 is 0 Å². The van der Waals surface area contributed by atoms with E-state index in [1.165, 1.54) is 82.8 Å². The van der Waals surface area contributed by atoms with Crippen molar-refractivity contribution in [1.82, 2.24) is 0 Å². The molecule has 0 aliphatic rings. The molecule has 0 unspecified atom stereocenters. The number of aliphatic carboxylic acids is 1. The van der Waals surface area contributed by atoms with Crippen LogP contribution < -0.4 is 34.7 Å². The molecule has 1 aromatic carbocycles. The van der Waals surface area contributed by atoms with Gasteiger partial charge in [0.1, 0.15) is 0 Å². The molecule has 0 heterocycles. The van der Waals surface area contributed by atoms with Crippen LogP contribution in [0.2, 0.25) is 0 Å². The molecule has 0 spiro atoms. The predicted molar refractivity (Wildman–Crippen MR) is 109 cm³/mol. The first-order valence-electron chi connectivity index (χ1n) is 10.6. The standard InChI is InChI=1S/C16H32O2.C7H6O2.Na/c1-2-3-4-5-6-7-8-9-10-11-12-13-14-15-16(17)18;8-7(9)6-4-2-1-3-5-6;/h2-15H2,1H3,(H,17,18);1-5H,(H,8,9);/q;;+1/p-1. The van der Waals surface area contributed by atoms with Crippen molar-refractivity contribution in [3.05, 3.63) is 35.9 Å². The molecule has 0 radical (unpaired) electrons. The largest absolute Gasteiger partial charge is 1.00 e. The molecule has 0 atom stereocenters. The zero-order valence-electron chi connectivity index (χ0n) is 18.0. The maximum absolute atomic E-state index is 10.3. The van der Waals surface area contributed by atoms with Crippen molar-refractivity contribution in [1.29, 1.82) is 0 Å². The van der Waals surface area contributed by atoms with Gasteiger partial charge in [-0.25, -0.2) is 0 Å². The van der Waals surface area contributed by atoms with Crippen LogP contribution in [0.25, 0.3) is 0 Å².